The number of rotatable bonds is 7. The van der Waals surface area contributed by atoms with Crippen molar-refractivity contribution in [2.45, 2.75) is 38.8 Å². The molecule has 2 aromatic rings. The molecule has 6 nitrogen and oxygen atoms in total. The van der Waals surface area contributed by atoms with Crippen LogP contribution in [0.15, 0.2) is 30.5 Å². The van der Waals surface area contributed by atoms with Crippen molar-refractivity contribution in [1.29, 1.82) is 0 Å². The first-order valence-corrected chi connectivity index (χ1v) is 9.74. The lowest BCUT2D eigenvalue weighted by Gasteiger charge is -2.38. The molecule has 0 atom stereocenters. The third kappa shape index (κ3) is 4.89. The first-order valence-electron chi connectivity index (χ1n) is 9.36. The molecular weight excluding hydrogens is 366 g/mol. The van der Waals surface area contributed by atoms with Crippen LogP contribution in [0.25, 0.3) is 0 Å². The highest BCUT2D eigenvalue weighted by atomic mass is 35.5. The first-order chi connectivity index (χ1) is 13.0. The Hall–Kier alpha value is -1.89. The van der Waals surface area contributed by atoms with Crippen LogP contribution >= 0.6 is 11.6 Å². The number of likely N-dealkylation sites (tertiary alicyclic amines) is 1. The van der Waals surface area contributed by atoms with Gasteiger partial charge in [0.15, 0.2) is 0 Å². The fourth-order valence-electron chi connectivity index (χ4n) is 3.31. The molecule has 0 aliphatic carbocycles. The fourth-order valence-corrected chi connectivity index (χ4v) is 3.44. The van der Waals surface area contributed by atoms with Gasteiger partial charge in [0.1, 0.15) is 0 Å². The van der Waals surface area contributed by atoms with Gasteiger partial charge in [0, 0.05) is 30.9 Å². The summed E-state index contributed by atoms with van der Waals surface area (Å²) in [5.74, 6) is 0.407. The Bertz CT molecular complexity index is 747. The molecule has 1 N–H and O–H groups in total. The molecule has 146 valence electrons. The molecule has 0 spiro atoms. The molecule has 27 heavy (non-hydrogen) atoms. The van der Waals surface area contributed by atoms with Gasteiger partial charge in [-0.25, -0.2) is 4.98 Å². The van der Waals surface area contributed by atoms with E-state index in [0.29, 0.717) is 37.5 Å². The molecule has 1 aromatic heterocycles. The van der Waals surface area contributed by atoms with Gasteiger partial charge in [-0.05, 0) is 44.4 Å². The van der Waals surface area contributed by atoms with Gasteiger partial charge in [-0.3, -0.25) is 4.90 Å². The van der Waals surface area contributed by atoms with Crippen LogP contribution in [0.3, 0.4) is 0 Å². The van der Waals surface area contributed by atoms with Crippen molar-refractivity contribution in [2.24, 2.45) is 0 Å². The summed E-state index contributed by atoms with van der Waals surface area (Å²) in [5.41, 5.74) is 0.856. The lowest BCUT2D eigenvalue weighted by atomic mass is 9.85. The predicted molar refractivity (Wildman–Crippen MR) is 104 cm³/mol. The third-order valence-electron chi connectivity index (χ3n) is 4.79. The van der Waals surface area contributed by atoms with Crippen LogP contribution in [-0.2, 0) is 12.1 Å². The van der Waals surface area contributed by atoms with E-state index in [0.717, 1.165) is 24.7 Å². The topological polar surface area (TPSA) is 67.7 Å². The second-order valence-electron chi connectivity index (χ2n) is 6.67. The van der Waals surface area contributed by atoms with Crippen molar-refractivity contribution in [1.82, 2.24) is 14.9 Å². The quantitative estimate of drug-likeness (QED) is 0.780. The molecule has 1 saturated heterocycles. The van der Waals surface area contributed by atoms with Crippen LogP contribution in [0.5, 0.6) is 11.9 Å². The Kier molecular flexibility index (Phi) is 6.52. The maximum Gasteiger partial charge on any atom is 0.319 e. The minimum absolute atomic E-state index is 0.272. The van der Waals surface area contributed by atoms with E-state index >= 15 is 0 Å². The number of nitrogens with zero attached hydrogens (tertiary/aromatic N) is 3. The van der Waals surface area contributed by atoms with Crippen LogP contribution in [0.4, 0.5) is 0 Å². The van der Waals surface area contributed by atoms with E-state index in [1.165, 1.54) is 5.56 Å². The maximum absolute atomic E-state index is 11.2. The minimum Gasteiger partial charge on any atom is -0.478 e. The Morgan fingerprint density at radius 2 is 1.78 bits per heavy atom. The Labute approximate surface area is 165 Å². The molecule has 1 aliphatic heterocycles. The zero-order valence-corrected chi connectivity index (χ0v) is 16.6. The van der Waals surface area contributed by atoms with Crippen molar-refractivity contribution in [3.8, 4) is 11.9 Å². The lowest BCUT2D eigenvalue weighted by molar-refractivity contribution is -0.0303. The summed E-state index contributed by atoms with van der Waals surface area (Å²) in [6.07, 6.45) is 2.83. The lowest BCUT2D eigenvalue weighted by Crippen LogP contribution is -2.42. The summed E-state index contributed by atoms with van der Waals surface area (Å²) < 4.78 is 11.0. The van der Waals surface area contributed by atoms with Crippen molar-refractivity contribution in [3.63, 3.8) is 0 Å². The molecule has 0 bridgehead atoms. The van der Waals surface area contributed by atoms with Crippen LogP contribution in [0.2, 0.25) is 5.02 Å². The highest BCUT2D eigenvalue weighted by Crippen LogP contribution is 2.37. The molecule has 0 radical (unpaired) electrons. The van der Waals surface area contributed by atoms with E-state index in [1.54, 1.807) is 6.20 Å². The molecule has 2 heterocycles. The molecular formula is C20H26ClN3O3. The van der Waals surface area contributed by atoms with Gasteiger partial charge in [0.25, 0.3) is 0 Å². The zero-order chi connectivity index (χ0) is 19.3. The monoisotopic (exact) mass is 391 g/mol. The number of hydrogen-bond donors (Lipinski definition) is 1. The van der Waals surface area contributed by atoms with Gasteiger partial charge in [-0.1, -0.05) is 23.7 Å². The third-order valence-corrected chi connectivity index (χ3v) is 5.04. The largest absolute Gasteiger partial charge is 0.478 e. The standard InChI is InChI=1S/C20H26ClN3O3/c1-3-26-18-17(13-22-19(23-18)27-4-2)20(25)9-11-24(12-10-20)14-15-5-7-16(21)8-6-15/h5-8,13,25H,3-4,9-12,14H2,1-2H3. The maximum atomic E-state index is 11.2. The highest BCUT2D eigenvalue weighted by molar-refractivity contribution is 6.30. The van der Waals surface area contributed by atoms with E-state index in [1.807, 2.05) is 38.1 Å². The van der Waals surface area contributed by atoms with Crippen LogP contribution < -0.4 is 9.47 Å². The molecule has 1 aliphatic rings. The summed E-state index contributed by atoms with van der Waals surface area (Å²) in [7, 11) is 0. The van der Waals surface area contributed by atoms with E-state index in [9.17, 15) is 5.11 Å². The minimum atomic E-state index is -0.994. The first kappa shape index (κ1) is 19.9. The number of aliphatic hydroxyl groups is 1. The SMILES string of the molecule is CCOc1ncc(C2(O)CCN(Cc3ccc(Cl)cc3)CC2)c(OCC)n1. The van der Waals surface area contributed by atoms with Crippen LogP contribution in [0.1, 0.15) is 37.8 Å². The normalized spacial score (nSPS) is 16.9. The van der Waals surface area contributed by atoms with Gasteiger partial charge in [-0.2, -0.15) is 4.98 Å². The second-order valence-corrected chi connectivity index (χ2v) is 7.11. The van der Waals surface area contributed by atoms with Gasteiger partial charge >= 0.3 is 6.01 Å². The van der Waals surface area contributed by atoms with E-state index in [4.69, 9.17) is 21.1 Å². The highest BCUT2D eigenvalue weighted by Gasteiger charge is 2.37. The zero-order valence-electron chi connectivity index (χ0n) is 15.8. The summed E-state index contributed by atoms with van der Waals surface area (Å²) >= 11 is 5.95. The van der Waals surface area contributed by atoms with Crippen molar-refractivity contribution in [3.05, 3.63) is 46.6 Å². The van der Waals surface area contributed by atoms with Crippen LogP contribution in [0, 0.1) is 0 Å². The summed E-state index contributed by atoms with van der Waals surface area (Å²) in [6.45, 7) is 7.11. The molecule has 0 unspecified atom stereocenters. The molecule has 1 fully saturated rings. The Morgan fingerprint density at radius 1 is 1.11 bits per heavy atom. The number of aromatic nitrogens is 2. The molecule has 0 amide bonds. The fraction of sp³-hybridized carbons (Fsp3) is 0.500. The van der Waals surface area contributed by atoms with Gasteiger partial charge in [-0.15, -0.1) is 0 Å². The molecule has 0 saturated carbocycles. The number of ether oxygens (including phenoxy) is 2. The molecule has 1 aromatic carbocycles. The van der Waals surface area contributed by atoms with Crippen molar-refractivity contribution < 1.29 is 14.6 Å². The average Bonchev–Trinajstić information content (AvgIpc) is 2.66. The average molecular weight is 392 g/mol. The summed E-state index contributed by atoms with van der Waals surface area (Å²) in [4.78, 5) is 10.9. The Balaban J connectivity index is 1.70. The smallest absolute Gasteiger partial charge is 0.319 e. The molecule has 3 rings (SSSR count). The second kappa shape index (κ2) is 8.87. The van der Waals surface area contributed by atoms with E-state index in [-0.39, 0.29) is 6.01 Å². The number of halogens is 1. The van der Waals surface area contributed by atoms with Crippen molar-refractivity contribution >= 4 is 11.6 Å². The van der Waals surface area contributed by atoms with Gasteiger partial charge < -0.3 is 14.6 Å². The van der Waals surface area contributed by atoms with E-state index < -0.39 is 5.60 Å². The Morgan fingerprint density at radius 3 is 2.41 bits per heavy atom. The van der Waals surface area contributed by atoms with Gasteiger partial charge in [0.05, 0.1) is 24.4 Å². The predicted octanol–water partition coefficient (Wildman–Crippen LogP) is 3.41. The number of benzene rings is 1. The van der Waals surface area contributed by atoms with Gasteiger partial charge in [0.2, 0.25) is 5.88 Å². The molecule has 7 heteroatoms. The number of piperidine rings is 1. The summed E-state index contributed by atoms with van der Waals surface area (Å²) in [6, 6.07) is 8.16. The van der Waals surface area contributed by atoms with Crippen molar-refractivity contribution in [2.75, 3.05) is 26.3 Å². The van der Waals surface area contributed by atoms with E-state index in [2.05, 4.69) is 14.9 Å². The summed E-state index contributed by atoms with van der Waals surface area (Å²) in [5, 5.41) is 12.0. The number of hydrogen-bond acceptors (Lipinski definition) is 6. The van der Waals surface area contributed by atoms with Crippen LogP contribution in [-0.4, -0.2) is 46.3 Å².